The second-order valence-corrected chi connectivity index (χ2v) is 4.81. The van der Waals surface area contributed by atoms with Gasteiger partial charge in [0.05, 0.1) is 26.9 Å². The second-order valence-electron chi connectivity index (χ2n) is 4.81. The summed E-state index contributed by atoms with van der Waals surface area (Å²) in [7, 11) is 3.11. The van der Waals surface area contributed by atoms with Gasteiger partial charge in [-0.1, -0.05) is 30.3 Å². The highest BCUT2D eigenvalue weighted by Crippen LogP contribution is 2.37. The van der Waals surface area contributed by atoms with Crippen molar-refractivity contribution in [2.75, 3.05) is 20.8 Å². The maximum atomic E-state index is 9.34. The van der Waals surface area contributed by atoms with Gasteiger partial charge in [-0.15, -0.1) is 0 Å². The number of methoxy groups -OCH3 is 2. The fourth-order valence-electron chi connectivity index (χ4n) is 2.12. The summed E-state index contributed by atoms with van der Waals surface area (Å²) in [5, 5.41) is 9.34. The number of ether oxygens (including phenoxy) is 3. The normalized spacial score (nSPS) is 11.8. The molecule has 0 saturated carbocycles. The van der Waals surface area contributed by atoms with Crippen molar-refractivity contribution >= 4 is 0 Å². The van der Waals surface area contributed by atoms with Gasteiger partial charge in [0.2, 0.25) is 0 Å². The van der Waals surface area contributed by atoms with E-state index >= 15 is 0 Å². The van der Waals surface area contributed by atoms with Crippen LogP contribution in [0.2, 0.25) is 0 Å². The van der Waals surface area contributed by atoms with Gasteiger partial charge in [-0.05, 0) is 11.6 Å². The Labute approximate surface area is 130 Å². The van der Waals surface area contributed by atoms with Gasteiger partial charge < -0.3 is 25.1 Å². The van der Waals surface area contributed by atoms with Gasteiger partial charge in [0.1, 0.15) is 12.4 Å². The zero-order chi connectivity index (χ0) is 15.9. The van der Waals surface area contributed by atoms with Crippen LogP contribution in [-0.4, -0.2) is 25.9 Å². The van der Waals surface area contributed by atoms with Crippen LogP contribution >= 0.6 is 0 Å². The highest BCUT2D eigenvalue weighted by Gasteiger charge is 2.17. The molecule has 0 aliphatic heterocycles. The summed E-state index contributed by atoms with van der Waals surface area (Å²) in [5.41, 5.74) is 7.67. The van der Waals surface area contributed by atoms with Crippen LogP contribution in [0.15, 0.2) is 42.5 Å². The quantitative estimate of drug-likeness (QED) is 0.821. The van der Waals surface area contributed by atoms with Gasteiger partial charge in [0.25, 0.3) is 0 Å². The molecule has 0 fully saturated rings. The number of hydrogen-bond acceptors (Lipinski definition) is 5. The first-order chi connectivity index (χ1) is 10.7. The van der Waals surface area contributed by atoms with Crippen molar-refractivity contribution in [3.63, 3.8) is 0 Å². The second kappa shape index (κ2) is 7.68. The summed E-state index contributed by atoms with van der Waals surface area (Å²) in [4.78, 5) is 0. The van der Waals surface area contributed by atoms with Crippen LogP contribution in [0.5, 0.6) is 17.2 Å². The lowest BCUT2D eigenvalue weighted by Gasteiger charge is -2.18. The summed E-state index contributed by atoms with van der Waals surface area (Å²) in [6.45, 7) is 0.221. The van der Waals surface area contributed by atoms with E-state index in [1.54, 1.807) is 26.4 Å². The Kier molecular flexibility index (Phi) is 5.63. The molecule has 2 aromatic rings. The summed E-state index contributed by atoms with van der Waals surface area (Å²) in [6.07, 6.45) is 0. The molecule has 0 radical (unpaired) electrons. The van der Waals surface area contributed by atoms with Crippen LogP contribution in [0.25, 0.3) is 0 Å². The maximum Gasteiger partial charge on any atom is 0.164 e. The third-order valence-corrected chi connectivity index (χ3v) is 3.35. The molecule has 1 atom stereocenters. The third kappa shape index (κ3) is 3.69. The van der Waals surface area contributed by atoms with Gasteiger partial charge in [-0.25, -0.2) is 0 Å². The molecule has 2 aromatic carbocycles. The Balaban J connectivity index is 2.30. The van der Waals surface area contributed by atoms with Gasteiger partial charge in [0, 0.05) is 11.6 Å². The first kappa shape index (κ1) is 16.1. The van der Waals surface area contributed by atoms with Gasteiger partial charge in [0.15, 0.2) is 11.5 Å². The van der Waals surface area contributed by atoms with Crippen molar-refractivity contribution in [2.45, 2.75) is 12.6 Å². The molecule has 118 valence electrons. The third-order valence-electron chi connectivity index (χ3n) is 3.35. The molecule has 0 spiro atoms. The number of nitrogens with two attached hydrogens (primary N) is 1. The Morgan fingerprint density at radius 2 is 1.64 bits per heavy atom. The summed E-state index contributed by atoms with van der Waals surface area (Å²) >= 11 is 0. The van der Waals surface area contributed by atoms with E-state index in [9.17, 15) is 5.11 Å². The molecule has 5 nitrogen and oxygen atoms in total. The molecular formula is C17H21NO4. The minimum atomic E-state index is -0.550. The van der Waals surface area contributed by atoms with Gasteiger partial charge >= 0.3 is 0 Å². The molecule has 0 amide bonds. The molecule has 0 aromatic heterocycles. The SMILES string of the molecule is COc1cc(OCc2ccccc2)c([C@@H](N)CO)cc1OC. The molecule has 0 aliphatic rings. The zero-order valence-corrected chi connectivity index (χ0v) is 12.8. The standard InChI is InChI=1S/C17H21NO4/c1-20-16-8-13(14(18)10-19)15(9-17(16)21-2)22-11-12-6-4-3-5-7-12/h3-9,14,19H,10-11,18H2,1-2H3/t14-/m0/s1. The van der Waals surface area contributed by atoms with Crippen molar-refractivity contribution < 1.29 is 19.3 Å². The topological polar surface area (TPSA) is 73.9 Å². The van der Waals surface area contributed by atoms with Gasteiger partial charge in [-0.2, -0.15) is 0 Å². The smallest absolute Gasteiger partial charge is 0.164 e. The lowest BCUT2D eigenvalue weighted by Crippen LogP contribution is -2.16. The fourth-order valence-corrected chi connectivity index (χ4v) is 2.12. The van der Waals surface area contributed by atoms with Crippen molar-refractivity contribution in [2.24, 2.45) is 5.73 Å². The van der Waals surface area contributed by atoms with Crippen molar-refractivity contribution in [1.29, 1.82) is 0 Å². The molecule has 22 heavy (non-hydrogen) atoms. The van der Waals surface area contributed by atoms with E-state index < -0.39 is 6.04 Å². The number of aliphatic hydroxyl groups excluding tert-OH is 1. The number of benzene rings is 2. The summed E-state index contributed by atoms with van der Waals surface area (Å²) in [6, 6.07) is 12.7. The average Bonchev–Trinajstić information content (AvgIpc) is 2.59. The lowest BCUT2D eigenvalue weighted by atomic mass is 10.1. The first-order valence-electron chi connectivity index (χ1n) is 6.98. The molecule has 0 heterocycles. The minimum absolute atomic E-state index is 0.183. The summed E-state index contributed by atoms with van der Waals surface area (Å²) < 4.78 is 16.4. The van der Waals surface area contributed by atoms with Crippen molar-refractivity contribution in [3.05, 3.63) is 53.6 Å². The molecule has 0 saturated heterocycles. The zero-order valence-electron chi connectivity index (χ0n) is 12.8. The van der Waals surface area contributed by atoms with Crippen LogP contribution in [-0.2, 0) is 6.61 Å². The van der Waals surface area contributed by atoms with E-state index in [0.29, 0.717) is 29.4 Å². The first-order valence-corrected chi connectivity index (χ1v) is 6.98. The molecule has 3 N–H and O–H groups in total. The Bertz CT molecular complexity index is 601. The highest BCUT2D eigenvalue weighted by molar-refractivity contribution is 5.51. The number of aliphatic hydroxyl groups is 1. The fraction of sp³-hybridized carbons (Fsp3) is 0.294. The van der Waals surface area contributed by atoms with E-state index in [0.717, 1.165) is 5.56 Å². The van der Waals surface area contributed by atoms with Crippen LogP contribution in [0.3, 0.4) is 0 Å². The maximum absolute atomic E-state index is 9.34. The van der Waals surface area contributed by atoms with Crippen molar-refractivity contribution in [3.8, 4) is 17.2 Å². The highest BCUT2D eigenvalue weighted by atomic mass is 16.5. The van der Waals surface area contributed by atoms with E-state index in [1.807, 2.05) is 30.3 Å². The van der Waals surface area contributed by atoms with Crippen LogP contribution < -0.4 is 19.9 Å². The monoisotopic (exact) mass is 303 g/mol. The van der Waals surface area contributed by atoms with E-state index in [-0.39, 0.29) is 6.61 Å². The van der Waals surface area contributed by atoms with Crippen LogP contribution in [0.4, 0.5) is 0 Å². The average molecular weight is 303 g/mol. The molecule has 0 aliphatic carbocycles. The van der Waals surface area contributed by atoms with Crippen LogP contribution in [0.1, 0.15) is 17.2 Å². The Morgan fingerprint density at radius 3 is 2.23 bits per heavy atom. The molecular weight excluding hydrogens is 282 g/mol. The summed E-state index contributed by atoms with van der Waals surface area (Å²) in [5.74, 6) is 1.68. The Morgan fingerprint density at radius 1 is 1.00 bits per heavy atom. The van der Waals surface area contributed by atoms with Crippen LogP contribution in [0, 0.1) is 0 Å². The molecule has 2 rings (SSSR count). The Hall–Kier alpha value is -2.24. The number of rotatable bonds is 7. The largest absolute Gasteiger partial charge is 0.493 e. The van der Waals surface area contributed by atoms with E-state index in [4.69, 9.17) is 19.9 Å². The van der Waals surface area contributed by atoms with Crippen molar-refractivity contribution in [1.82, 2.24) is 0 Å². The number of hydrogen-bond donors (Lipinski definition) is 2. The molecule has 5 heteroatoms. The predicted molar refractivity (Wildman–Crippen MR) is 84.3 cm³/mol. The van der Waals surface area contributed by atoms with Gasteiger partial charge in [-0.3, -0.25) is 0 Å². The molecule has 0 unspecified atom stereocenters. The predicted octanol–water partition coefficient (Wildman–Crippen LogP) is 2.27. The van der Waals surface area contributed by atoms with E-state index in [1.165, 1.54) is 0 Å². The minimum Gasteiger partial charge on any atom is -0.493 e. The molecule has 0 bridgehead atoms. The van der Waals surface area contributed by atoms with E-state index in [2.05, 4.69) is 0 Å². The lowest BCUT2D eigenvalue weighted by molar-refractivity contribution is 0.256.